The van der Waals surface area contributed by atoms with E-state index >= 15 is 0 Å². The summed E-state index contributed by atoms with van der Waals surface area (Å²) in [7, 11) is 0. The number of carbonyl (C=O) groups is 1. The molecule has 0 aliphatic carbocycles. The Balaban J connectivity index is 2.49. The zero-order valence-corrected chi connectivity index (χ0v) is 12.6. The third-order valence-electron chi connectivity index (χ3n) is 3.22. The van der Waals surface area contributed by atoms with Crippen LogP contribution in [0, 0.1) is 16.0 Å². The fraction of sp³-hybridized carbons (Fsp3) is 0.357. The highest BCUT2D eigenvalue weighted by Gasteiger charge is 2.23. The van der Waals surface area contributed by atoms with Crippen LogP contribution < -0.4 is 5.32 Å². The second-order valence-electron chi connectivity index (χ2n) is 5.28. The number of nitrogens with one attached hydrogen (secondary N) is 1. The van der Waals surface area contributed by atoms with Crippen molar-refractivity contribution < 1.29 is 9.72 Å². The van der Waals surface area contributed by atoms with Gasteiger partial charge in [-0.3, -0.25) is 14.9 Å². The first-order chi connectivity index (χ1) is 10.4. The number of benzene rings is 1. The molecular formula is C14H17N5O3. The zero-order chi connectivity index (χ0) is 16.3. The van der Waals surface area contributed by atoms with Gasteiger partial charge in [0.1, 0.15) is 18.3 Å². The van der Waals surface area contributed by atoms with Gasteiger partial charge in [-0.05, 0) is 17.5 Å². The highest BCUT2D eigenvalue weighted by atomic mass is 16.6. The van der Waals surface area contributed by atoms with E-state index in [1.165, 1.54) is 19.3 Å². The van der Waals surface area contributed by atoms with Crippen molar-refractivity contribution >= 4 is 17.3 Å². The van der Waals surface area contributed by atoms with Gasteiger partial charge in [0.25, 0.3) is 5.69 Å². The van der Waals surface area contributed by atoms with Gasteiger partial charge in [0.15, 0.2) is 0 Å². The predicted molar refractivity (Wildman–Crippen MR) is 80.4 cm³/mol. The van der Waals surface area contributed by atoms with Gasteiger partial charge in [0.05, 0.1) is 11.0 Å². The van der Waals surface area contributed by atoms with Gasteiger partial charge in [0, 0.05) is 13.0 Å². The Kier molecular flexibility index (Phi) is 4.50. The maximum absolute atomic E-state index is 11.3. The average Bonchev–Trinajstić information content (AvgIpc) is 2.93. The fourth-order valence-corrected chi connectivity index (χ4v) is 2.38. The molecule has 1 atom stereocenters. The average molecular weight is 303 g/mol. The highest BCUT2D eigenvalue weighted by Crippen LogP contribution is 2.32. The molecule has 1 aromatic heterocycles. The van der Waals surface area contributed by atoms with Crippen LogP contribution in [0.25, 0.3) is 0 Å². The molecule has 1 unspecified atom stereocenters. The summed E-state index contributed by atoms with van der Waals surface area (Å²) >= 11 is 0. The van der Waals surface area contributed by atoms with Crippen molar-refractivity contribution in [1.82, 2.24) is 14.8 Å². The Morgan fingerprint density at radius 1 is 1.41 bits per heavy atom. The molecule has 0 bridgehead atoms. The van der Waals surface area contributed by atoms with Crippen molar-refractivity contribution in [3.63, 3.8) is 0 Å². The molecule has 1 aromatic carbocycles. The van der Waals surface area contributed by atoms with Gasteiger partial charge in [-0.2, -0.15) is 5.10 Å². The number of nitro benzene ring substituents is 1. The molecule has 1 heterocycles. The van der Waals surface area contributed by atoms with Crippen LogP contribution in [0.2, 0.25) is 0 Å². The molecule has 0 spiro atoms. The van der Waals surface area contributed by atoms with E-state index in [9.17, 15) is 14.9 Å². The summed E-state index contributed by atoms with van der Waals surface area (Å²) in [6.45, 7) is 5.31. The van der Waals surface area contributed by atoms with Crippen LogP contribution >= 0.6 is 0 Å². The van der Waals surface area contributed by atoms with Gasteiger partial charge in [0.2, 0.25) is 5.91 Å². The Morgan fingerprint density at radius 3 is 2.64 bits per heavy atom. The number of hydrogen-bond acceptors (Lipinski definition) is 5. The quantitative estimate of drug-likeness (QED) is 0.674. The molecule has 0 fully saturated rings. The van der Waals surface area contributed by atoms with Crippen molar-refractivity contribution in [2.75, 3.05) is 5.32 Å². The minimum Gasteiger partial charge on any atom is -0.321 e. The van der Waals surface area contributed by atoms with Gasteiger partial charge in [-0.15, -0.1) is 0 Å². The summed E-state index contributed by atoms with van der Waals surface area (Å²) < 4.78 is 1.67. The Labute approximate surface area is 127 Å². The molecule has 2 aromatic rings. The van der Waals surface area contributed by atoms with Gasteiger partial charge in [-0.25, -0.2) is 9.67 Å². The number of aromatic nitrogens is 3. The van der Waals surface area contributed by atoms with E-state index < -0.39 is 4.92 Å². The van der Waals surface area contributed by atoms with Gasteiger partial charge < -0.3 is 5.32 Å². The molecule has 1 N–H and O–H groups in total. The van der Waals surface area contributed by atoms with Crippen LogP contribution in [0.4, 0.5) is 11.4 Å². The molecule has 0 saturated heterocycles. The number of carbonyl (C=O) groups excluding carboxylic acids is 1. The van der Waals surface area contributed by atoms with Crippen LogP contribution in [0.15, 0.2) is 30.9 Å². The molecule has 0 radical (unpaired) electrons. The summed E-state index contributed by atoms with van der Waals surface area (Å²) in [6.07, 6.45) is 3.01. The Hall–Kier alpha value is -2.77. The summed E-state index contributed by atoms with van der Waals surface area (Å²) in [5.41, 5.74) is 0.780. The minimum atomic E-state index is -0.506. The van der Waals surface area contributed by atoms with Crippen molar-refractivity contribution in [1.29, 1.82) is 0 Å². The summed E-state index contributed by atoms with van der Waals surface area (Å²) in [4.78, 5) is 25.8. The third kappa shape index (κ3) is 3.27. The fourth-order valence-electron chi connectivity index (χ4n) is 2.38. The SMILES string of the molecule is CC(=O)Nc1ccc(C(C(C)C)n2cncn2)cc1[N+](=O)[O-]. The Bertz CT molecular complexity index is 682. The standard InChI is InChI=1S/C14H17N5O3/c1-9(2)14(18-8-15-7-16-18)11-4-5-12(17-10(3)20)13(6-11)19(21)22/h4-9,14H,1-3H3,(H,17,20). The second kappa shape index (κ2) is 6.33. The lowest BCUT2D eigenvalue weighted by Crippen LogP contribution is -2.18. The molecule has 0 saturated carbocycles. The van der Waals surface area contributed by atoms with Crippen molar-refractivity contribution in [3.05, 3.63) is 46.5 Å². The number of amides is 1. The molecule has 2 rings (SSSR count). The molecule has 22 heavy (non-hydrogen) atoms. The summed E-state index contributed by atoms with van der Waals surface area (Å²) in [5.74, 6) is -0.194. The number of nitrogens with zero attached hydrogens (tertiary/aromatic N) is 4. The largest absolute Gasteiger partial charge is 0.321 e. The van der Waals surface area contributed by atoms with E-state index in [1.807, 2.05) is 13.8 Å². The number of hydrogen-bond donors (Lipinski definition) is 1. The first kappa shape index (κ1) is 15.6. The van der Waals surface area contributed by atoms with E-state index in [0.29, 0.717) is 0 Å². The monoisotopic (exact) mass is 303 g/mol. The van der Waals surface area contributed by atoms with Crippen molar-refractivity contribution in [3.8, 4) is 0 Å². The van der Waals surface area contributed by atoms with Crippen LogP contribution in [0.5, 0.6) is 0 Å². The highest BCUT2D eigenvalue weighted by molar-refractivity contribution is 5.91. The molecule has 0 aliphatic rings. The lowest BCUT2D eigenvalue weighted by molar-refractivity contribution is -0.384. The summed E-state index contributed by atoms with van der Waals surface area (Å²) in [5, 5.41) is 17.8. The molecule has 116 valence electrons. The van der Waals surface area contributed by atoms with E-state index in [0.717, 1.165) is 5.56 Å². The van der Waals surface area contributed by atoms with Crippen molar-refractivity contribution in [2.45, 2.75) is 26.8 Å². The van der Waals surface area contributed by atoms with E-state index in [1.54, 1.807) is 23.1 Å². The van der Waals surface area contributed by atoms with E-state index in [4.69, 9.17) is 0 Å². The molecule has 0 aliphatic heterocycles. The lowest BCUT2D eigenvalue weighted by Gasteiger charge is -2.21. The van der Waals surface area contributed by atoms with Crippen LogP contribution in [0.1, 0.15) is 32.4 Å². The van der Waals surface area contributed by atoms with Crippen molar-refractivity contribution in [2.24, 2.45) is 5.92 Å². The molecule has 8 nitrogen and oxygen atoms in total. The first-order valence-corrected chi connectivity index (χ1v) is 6.80. The zero-order valence-electron chi connectivity index (χ0n) is 12.6. The number of rotatable bonds is 5. The predicted octanol–water partition coefficient (Wildman–Crippen LogP) is 2.39. The van der Waals surface area contributed by atoms with Crippen LogP contribution in [0.3, 0.4) is 0 Å². The van der Waals surface area contributed by atoms with Gasteiger partial charge in [-0.1, -0.05) is 19.9 Å². The molecule has 1 amide bonds. The smallest absolute Gasteiger partial charge is 0.293 e. The van der Waals surface area contributed by atoms with Gasteiger partial charge >= 0.3 is 0 Å². The third-order valence-corrected chi connectivity index (χ3v) is 3.22. The topological polar surface area (TPSA) is 103 Å². The Morgan fingerprint density at radius 2 is 2.14 bits per heavy atom. The molecule has 8 heteroatoms. The number of nitro groups is 1. The first-order valence-electron chi connectivity index (χ1n) is 6.80. The maximum atomic E-state index is 11.3. The van der Waals surface area contributed by atoms with Crippen LogP contribution in [-0.2, 0) is 4.79 Å². The number of anilines is 1. The second-order valence-corrected chi connectivity index (χ2v) is 5.28. The lowest BCUT2D eigenvalue weighted by atomic mass is 9.95. The maximum Gasteiger partial charge on any atom is 0.293 e. The molecular weight excluding hydrogens is 286 g/mol. The van der Waals surface area contributed by atoms with E-state index in [-0.39, 0.29) is 29.2 Å². The van der Waals surface area contributed by atoms with E-state index in [2.05, 4.69) is 15.4 Å². The minimum absolute atomic E-state index is 0.140. The van der Waals surface area contributed by atoms with Crippen LogP contribution in [-0.4, -0.2) is 25.6 Å². The normalized spacial score (nSPS) is 12.2. The summed E-state index contributed by atoms with van der Waals surface area (Å²) in [6, 6.07) is 4.59.